The highest BCUT2D eigenvalue weighted by Gasteiger charge is 2.48. The fourth-order valence-corrected chi connectivity index (χ4v) is 2.85. The SMILES string of the molecule is N/C(=N/O)C1(C(=O)NCCc2ccsc2)CCC1. The molecule has 1 aromatic rings. The number of nitrogens with two attached hydrogens (primary N) is 1. The van der Waals surface area contributed by atoms with Crippen molar-refractivity contribution in [2.75, 3.05) is 6.54 Å². The number of thiophene rings is 1. The van der Waals surface area contributed by atoms with Gasteiger partial charge in [0.05, 0.1) is 0 Å². The molecule has 0 aromatic carbocycles. The molecule has 1 aliphatic carbocycles. The van der Waals surface area contributed by atoms with E-state index >= 15 is 0 Å². The van der Waals surface area contributed by atoms with E-state index in [9.17, 15) is 4.79 Å². The first-order valence-electron chi connectivity index (χ1n) is 5.96. The molecule has 4 N–H and O–H groups in total. The second kappa shape index (κ2) is 5.39. The molecule has 18 heavy (non-hydrogen) atoms. The molecule has 98 valence electrons. The second-order valence-corrected chi connectivity index (χ2v) is 5.34. The summed E-state index contributed by atoms with van der Waals surface area (Å²) in [4.78, 5) is 12.1. The average Bonchev–Trinajstić information content (AvgIpc) is 2.80. The zero-order chi connectivity index (χ0) is 13.0. The quantitative estimate of drug-likeness (QED) is 0.325. The van der Waals surface area contributed by atoms with Gasteiger partial charge in [0.2, 0.25) is 5.91 Å². The summed E-state index contributed by atoms with van der Waals surface area (Å²) in [6, 6.07) is 2.04. The zero-order valence-corrected chi connectivity index (χ0v) is 10.9. The van der Waals surface area contributed by atoms with Crippen LogP contribution in [0.15, 0.2) is 22.0 Å². The number of carbonyl (C=O) groups is 1. The fraction of sp³-hybridized carbons (Fsp3) is 0.500. The summed E-state index contributed by atoms with van der Waals surface area (Å²) in [5.74, 6) is -0.0962. The van der Waals surface area contributed by atoms with Gasteiger partial charge >= 0.3 is 0 Å². The normalized spacial score (nSPS) is 18.1. The van der Waals surface area contributed by atoms with Crippen LogP contribution in [-0.2, 0) is 11.2 Å². The lowest BCUT2D eigenvalue weighted by atomic mass is 9.67. The molecule has 1 amide bonds. The van der Waals surface area contributed by atoms with Gasteiger partial charge in [0.15, 0.2) is 5.84 Å². The molecule has 1 saturated carbocycles. The number of hydrogen-bond donors (Lipinski definition) is 3. The summed E-state index contributed by atoms with van der Waals surface area (Å²) in [6.07, 6.45) is 3.07. The molecule has 0 unspecified atom stereocenters. The molecule has 0 saturated heterocycles. The van der Waals surface area contributed by atoms with Gasteiger partial charge in [0, 0.05) is 6.54 Å². The van der Waals surface area contributed by atoms with Crippen LogP contribution in [0.25, 0.3) is 0 Å². The van der Waals surface area contributed by atoms with Crippen LogP contribution >= 0.6 is 11.3 Å². The maximum atomic E-state index is 12.1. The van der Waals surface area contributed by atoms with Crippen LogP contribution in [0.5, 0.6) is 0 Å². The van der Waals surface area contributed by atoms with Crippen molar-refractivity contribution in [1.82, 2.24) is 5.32 Å². The van der Waals surface area contributed by atoms with Crippen molar-refractivity contribution in [3.8, 4) is 0 Å². The van der Waals surface area contributed by atoms with Gasteiger partial charge in [-0.3, -0.25) is 4.79 Å². The number of amidine groups is 1. The van der Waals surface area contributed by atoms with Crippen LogP contribution in [0.3, 0.4) is 0 Å². The van der Waals surface area contributed by atoms with Crippen molar-refractivity contribution in [2.24, 2.45) is 16.3 Å². The summed E-state index contributed by atoms with van der Waals surface area (Å²) in [7, 11) is 0. The van der Waals surface area contributed by atoms with Crippen LogP contribution in [-0.4, -0.2) is 23.5 Å². The number of hydrogen-bond acceptors (Lipinski definition) is 4. The van der Waals surface area contributed by atoms with Crippen molar-refractivity contribution in [1.29, 1.82) is 0 Å². The first kappa shape index (κ1) is 12.9. The van der Waals surface area contributed by atoms with E-state index in [1.54, 1.807) is 11.3 Å². The molecule has 1 heterocycles. The lowest BCUT2D eigenvalue weighted by molar-refractivity contribution is -0.131. The van der Waals surface area contributed by atoms with Gasteiger partial charge in [-0.25, -0.2) is 0 Å². The van der Waals surface area contributed by atoms with E-state index in [-0.39, 0.29) is 11.7 Å². The molecule has 5 nitrogen and oxygen atoms in total. The molecule has 0 bridgehead atoms. The maximum Gasteiger partial charge on any atom is 0.233 e. The Morgan fingerprint density at radius 3 is 2.89 bits per heavy atom. The Hall–Kier alpha value is -1.56. The monoisotopic (exact) mass is 267 g/mol. The maximum absolute atomic E-state index is 12.1. The largest absolute Gasteiger partial charge is 0.409 e. The Labute approximate surface area is 110 Å². The molecule has 0 atom stereocenters. The van der Waals surface area contributed by atoms with Crippen molar-refractivity contribution < 1.29 is 10.0 Å². The predicted octanol–water partition coefficient (Wildman–Crippen LogP) is 1.32. The Morgan fingerprint density at radius 2 is 2.39 bits per heavy atom. The van der Waals surface area contributed by atoms with Crippen molar-refractivity contribution >= 4 is 23.1 Å². The average molecular weight is 267 g/mol. The van der Waals surface area contributed by atoms with Gasteiger partial charge in [-0.1, -0.05) is 11.6 Å². The minimum Gasteiger partial charge on any atom is -0.409 e. The van der Waals surface area contributed by atoms with Crippen molar-refractivity contribution in [3.63, 3.8) is 0 Å². The highest BCUT2D eigenvalue weighted by molar-refractivity contribution is 7.07. The third-order valence-electron chi connectivity index (χ3n) is 3.52. The zero-order valence-electron chi connectivity index (χ0n) is 10.1. The Balaban J connectivity index is 1.87. The summed E-state index contributed by atoms with van der Waals surface area (Å²) < 4.78 is 0. The summed E-state index contributed by atoms with van der Waals surface area (Å²) in [5, 5.41) is 18.7. The first-order chi connectivity index (χ1) is 8.69. The van der Waals surface area contributed by atoms with E-state index in [1.807, 2.05) is 11.4 Å². The van der Waals surface area contributed by atoms with Crippen LogP contribution < -0.4 is 11.1 Å². The minimum absolute atomic E-state index is 0.0294. The van der Waals surface area contributed by atoms with E-state index in [4.69, 9.17) is 10.9 Å². The molecule has 1 aliphatic rings. The van der Waals surface area contributed by atoms with Gasteiger partial charge in [0.1, 0.15) is 5.41 Å². The molecule has 0 radical (unpaired) electrons. The third-order valence-corrected chi connectivity index (χ3v) is 4.25. The molecule has 0 spiro atoms. The van der Waals surface area contributed by atoms with Crippen molar-refractivity contribution in [2.45, 2.75) is 25.7 Å². The molecule has 1 fully saturated rings. The summed E-state index contributed by atoms with van der Waals surface area (Å²) >= 11 is 1.64. The lowest BCUT2D eigenvalue weighted by Crippen LogP contribution is -2.54. The molecular formula is C12H17N3O2S. The van der Waals surface area contributed by atoms with E-state index in [0.717, 1.165) is 12.8 Å². The van der Waals surface area contributed by atoms with E-state index in [0.29, 0.717) is 19.4 Å². The van der Waals surface area contributed by atoms with E-state index in [2.05, 4.69) is 15.9 Å². The van der Waals surface area contributed by atoms with E-state index < -0.39 is 5.41 Å². The number of nitrogens with one attached hydrogen (secondary N) is 1. The number of oxime groups is 1. The number of amides is 1. The number of nitrogens with zero attached hydrogens (tertiary/aromatic N) is 1. The smallest absolute Gasteiger partial charge is 0.233 e. The van der Waals surface area contributed by atoms with Gasteiger partial charge < -0.3 is 16.3 Å². The fourth-order valence-electron chi connectivity index (χ4n) is 2.15. The number of rotatable bonds is 5. The highest BCUT2D eigenvalue weighted by Crippen LogP contribution is 2.41. The molecule has 0 aliphatic heterocycles. The summed E-state index contributed by atoms with van der Waals surface area (Å²) in [6.45, 7) is 0.579. The minimum atomic E-state index is -0.774. The second-order valence-electron chi connectivity index (χ2n) is 4.56. The van der Waals surface area contributed by atoms with Crippen LogP contribution in [0, 0.1) is 5.41 Å². The molecular weight excluding hydrogens is 250 g/mol. The van der Waals surface area contributed by atoms with Crippen molar-refractivity contribution in [3.05, 3.63) is 22.4 Å². The topological polar surface area (TPSA) is 87.7 Å². The van der Waals surface area contributed by atoms with Crippen LogP contribution in [0.2, 0.25) is 0 Å². The lowest BCUT2D eigenvalue weighted by Gasteiger charge is -2.38. The molecule has 1 aromatic heterocycles. The first-order valence-corrected chi connectivity index (χ1v) is 6.91. The van der Waals surface area contributed by atoms with Gasteiger partial charge in [-0.15, -0.1) is 0 Å². The predicted molar refractivity (Wildman–Crippen MR) is 70.7 cm³/mol. The van der Waals surface area contributed by atoms with Crippen LogP contribution in [0.1, 0.15) is 24.8 Å². The number of carbonyl (C=O) groups excluding carboxylic acids is 1. The van der Waals surface area contributed by atoms with Gasteiger partial charge in [0.25, 0.3) is 0 Å². The highest BCUT2D eigenvalue weighted by atomic mass is 32.1. The van der Waals surface area contributed by atoms with Crippen LogP contribution in [0.4, 0.5) is 0 Å². The van der Waals surface area contributed by atoms with Gasteiger partial charge in [-0.2, -0.15) is 11.3 Å². The third kappa shape index (κ3) is 2.33. The molecule has 6 heteroatoms. The van der Waals surface area contributed by atoms with E-state index in [1.165, 1.54) is 5.56 Å². The Bertz CT molecular complexity index is 438. The Kier molecular flexibility index (Phi) is 3.86. The Morgan fingerprint density at radius 1 is 1.61 bits per heavy atom. The standard InChI is InChI=1S/C12H17N3O2S/c13-10(15-17)12(4-1-5-12)11(16)14-6-2-9-3-7-18-8-9/h3,7-8,17H,1-2,4-6H2,(H2,13,15)(H,14,16). The molecule has 2 rings (SSSR count). The summed E-state index contributed by atoms with van der Waals surface area (Å²) in [5.41, 5.74) is 6.06. The van der Waals surface area contributed by atoms with Gasteiger partial charge in [-0.05, 0) is 41.7 Å².